The summed E-state index contributed by atoms with van der Waals surface area (Å²) in [7, 11) is 0. The highest BCUT2D eigenvalue weighted by Crippen LogP contribution is 2.27. The lowest BCUT2D eigenvalue weighted by molar-refractivity contribution is 0.122. The van der Waals surface area contributed by atoms with Crippen LogP contribution in [0, 0.1) is 0 Å². The van der Waals surface area contributed by atoms with E-state index in [-0.39, 0.29) is 0 Å². The summed E-state index contributed by atoms with van der Waals surface area (Å²) in [6, 6.07) is 11.0. The van der Waals surface area contributed by atoms with Gasteiger partial charge in [0.2, 0.25) is 0 Å². The van der Waals surface area contributed by atoms with Crippen LogP contribution >= 0.6 is 0 Å². The van der Waals surface area contributed by atoms with E-state index in [1.165, 1.54) is 16.7 Å². The van der Waals surface area contributed by atoms with Crippen LogP contribution in [-0.2, 0) is 11.3 Å². The number of rotatable bonds is 3. The van der Waals surface area contributed by atoms with Gasteiger partial charge in [0, 0.05) is 30.5 Å². The average Bonchev–Trinajstić information content (AvgIpc) is 2.80. The number of anilines is 1. The van der Waals surface area contributed by atoms with Crippen LogP contribution in [0.5, 0.6) is 0 Å². The first-order valence-electron chi connectivity index (χ1n) is 6.81. The number of hydrogen-bond acceptors (Lipinski definition) is 2. The minimum absolute atomic E-state index is 0.841. The van der Waals surface area contributed by atoms with Crippen LogP contribution in [0.15, 0.2) is 30.3 Å². The van der Waals surface area contributed by atoms with Crippen molar-refractivity contribution in [2.75, 3.05) is 31.2 Å². The molecule has 18 heavy (non-hydrogen) atoms. The van der Waals surface area contributed by atoms with Gasteiger partial charge in [0.25, 0.3) is 0 Å². The number of fused-ring (bicyclic) bond motifs is 1. The van der Waals surface area contributed by atoms with E-state index in [2.05, 4.69) is 46.7 Å². The van der Waals surface area contributed by atoms with E-state index in [1.54, 1.807) is 0 Å². The zero-order valence-electron chi connectivity index (χ0n) is 10.9. The standard InChI is InChI=1S/C15H20N2O/c1-2-7-17-14-6-4-3-5-13(14)12-15(17)16-8-10-18-11-9-16/h3-6,12H,2,7-11H2,1H3. The molecule has 1 fully saturated rings. The Morgan fingerprint density at radius 1 is 1.17 bits per heavy atom. The minimum atomic E-state index is 0.841. The number of ether oxygens (including phenoxy) is 1. The molecule has 2 heterocycles. The molecule has 0 aliphatic carbocycles. The molecule has 2 aromatic rings. The van der Waals surface area contributed by atoms with Crippen molar-refractivity contribution in [2.24, 2.45) is 0 Å². The lowest BCUT2D eigenvalue weighted by Crippen LogP contribution is -2.37. The van der Waals surface area contributed by atoms with E-state index in [4.69, 9.17) is 4.74 Å². The lowest BCUT2D eigenvalue weighted by atomic mass is 10.2. The fourth-order valence-corrected chi connectivity index (χ4v) is 2.71. The third-order valence-electron chi connectivity index (χ3n) is 3.57. The molecule has 0 bridgehead atoms. The van der Waals surface area contributed by atoms with Crippen LogP contribution in [-0.4, -0.2) is 30.9 Å². The van der Waals surface area contributed by atoms with Gasteiger partial charge in [0.1, 0.15) is 5.82 Å². The molecule has 0 atom stereocenters. The summed E-state index contributed by atoms with van der Waals surface area (Å²) in [4.78, 5) is 2.44. The Morgan fingerprint density at radius 2 is 1.94 bits per heavy atom. The van der Waals surface area contributed by atoms with Gasteiger partial charge >= 0.3 is 0 Å². The molecule has 3 heteroatoms. The number of para-hydroxylation sites is 1. The molecule has 3 rings (SSSR count). The monoisotopic (exact) mass is 244 g/mol. The minimum Gasteiger partial charge on any atom is -0.378 e. The molecule has 0 N–H and O–H groups in total. The molecule has 1 aromatic heterocycles. The van der Waals surface area contributed by atoms with Gasteiger partial charge in [-0.1, -0.05) is 25.1 Å². The van der Waals surface area contributed by atoms with Gasteiger partial charge in [0.15, 0.2) is 0 Å². The van der Waals surface area contributed by atoms with Gasteiger partial charge in [-0.15, -0.1) is 0 Å². The van der Waals surface area contributed by atoms with Crippen molar-refractivity contribution < 1.29 is 4.74 Å². The van der Waals surface area contributed by atoms with Gasteiger partial charge in [-0.2, -0.15) is 0 Å². The first-order chi connectivity index (χ1) is 8.90. The third kappa shape index (κ3) is 1.99. The fraction of sp³-hybridized carbons (Fsp3) is 0.467. The number of aryl methyl sites for hydroxylation is 1. The molecule has 0 amide bonds. The van der Waals surface area contributed by atoms with Crippen molar-refractivity contribution in [2.45, 2.75) is 19.9 Å². The van der Waals surface area contributed by atoms with E-state index >= 15 is 0 Å². The Bertz CT molecular complexity index is 526. The summed E-state index contributed by atoms with van der Waals surface area (Å²) >= 11 is 0. The predicted molar refractivity (Wildman–Crippen MR) is 75.3 cm³/mol. The highest BCUT2D eigenvalue weighted by atomic mass is 16.5. The van der Waals surface area contributed by atoms with E-state index < -0.39 is 0 Å². The summed E-state index contributed by atoms with van der Waals surface area (Å²) in [5.41, 5.74) is 1.35. The van der Waals surface area contributed by atoms with Crippen LogP contribution in [0.1, 0.15) is 13.3 Å². The van der Waals surface area contributed by atoms with Crippen molar-refractivity contribution in [3.63, 3.8) is 0 Å². The smallest absolute Gasteiger partial charge is 0.109 e. The highest BCUT2D eigenvalue weighted by molar-refractivity contribution is 5.85. The Hall–Kier alpha value is -1.48. The molecular weight excluding hydrogens is 224 g/mol. The Labute approximate surface area is 108 Å². The van der Waals surface area contributed by atoms with E-state index in [0.29, 0.717) is 0 Å². The molecule has 1 saturated heterocycles. The summed E-state index contributed by atoms with van der Waals surface area (Å²) in [5.74, 6) is 1.35. The van der Waals surface area contributed by atoms with Gasteiger partial charge in [-0.25, -0.2) is 0 Å². The normalized spacial score (nSPS) is 16.4. The molecule has 1 aromatic carbocycles. The summed E-state index contributed by atoms with van der Waals surface area (Å²) in [6.07, 6.45) is 1.16. The second kappa shape index (κ2) is 5.02. The second-order valence-corrected chi connectivity index (χ2v) is 4.81. The second-order valence-electron chi connectivity index (χ2n) is 4.81. The Morgan fingerprint density at radius 3 is 2.72 bits per heavy atom. The van der Waals surface area contributed by atoms with Crippen LogP contribution < -0.4 is 4.90 Å². The van der Waals surface area contributed by atoms with Crippen molar-refractivity contribution >= 4 is 16.7 Å². The summed E-state index contributed by atoms with van der Waals surface area (Å²) in [6.45, 7) is 7.00. The molecule has 1 aliphatic rings. The molecule has 96 valence electrons. The highest BCUT2D eigenvalue weighted by Gasteiger charge is 2.16. The molecule has 3 nitrogen and oxygen atoms in total. The number of hydrogen-bond donors (Lipinski definition) is 0. The van der Waals surface area contributed by atoms with Crippen molar-refractivity contribution in [1.29, 1.82) is 0 Å². The van der Waals surface area contributed by atoms with Crippen LogP contribution in [0.3, 0.4) is 0 Å². The molecule has 0 spiro atoms. The van der Waals surface area contributed by atoms with Gasteiger partial charge in [-0.05, 0) is 18.6 Å². The zero-order valence-corrected chi connectivity index (χ0v) is 10.9. The Kier molecular flexibility index (Phi) is 3.24. The van der Waals surface area contributed by atoms with E-state index in [9.17, 15) is 0 Å². The van der Waals surface area contributed by atoms with E-state index in [0.717, 1.165) is 39.3 Å². The zero-order chi connectivity index (χ0) is 12.4. The fourth-order valence-electron chi connectivity index (χ4n) is 2.71. The van der Waals surface area contributed by atoms with Crippen LogP contribution in [0.2, 0.25) is 0 Å². The van der Waals surface area contributed by atoms with Crippen molar-refractivity contribution in [3.05, 3.63) is 30.3 Å². The SMILES string of the molecule is CCCn1c(N2CCOCC2)cc2ccccc21. The third-order valence-corrected chi connectivity index (χ3v) is 3.57. The molecule has 0 unspecified atom stereocenters. The molecule has 0 radical (unpaired) electrons. The summed E-state index contributed by atoms with van der Waals surface area (Å²) < 4.78 is 7.89. The summed E-state index contributed by atoms with van der Waals surface area (Å²) in [5, 5.41) is 1.34. The first kappa shape index (κ1) is 11.6. The van der Waals surface area contributed by atoms with Gasteiger partial charge < -0.3 is 14.2 Å². The van der Waals surface area contributed by atoms with Gasteiger partial charge in [-0.3, -0.25) is 0 Å². The number of morpholine rings is 1. The quantitative estimate of drug-likeness (QED) is 0.826. The lowest BCUT2D eigenvalue weighted by Gasteiger charge is -2.29. The molecule has 1 aliphatic heterocycles. The molecule has 0 saturated carbocycles. The maximum absolute atomic E-state index is 5.44. The van der Waals surface area contributed by atoms with Crippen LogP contribution in [0.25, 0.3) is 10.9 Å². The molecular formula is C15H20N2O. The number of aromatic nitrogens is 1. The average molecular weight is 244 g/mol. The maximum atomic E-state index is 5.44. The van der Waals surface area contributed by atoms with E-state index in [1.807, 2.05) is 0 Å². The predicted octanol–water partition coefficient (Wildman–Crippen LogP) is 2.89. The largest absolute Gasteiger partial charge is 0.378 e. The number of benzene rings is 1. The number of nitrogens with zero attached hydrogens (tertiary/aromatic N) is 2. The topological polar surface area (TPSA) is 17.4 Å². The Balaban J connectivity index is 2.05. The maximum Gasteiger partial charge on any atom is 0.109 e. The first-order valence-corrected chi connectivity index (χ1v) is 6.81. The van der Waals surface area contributed by atoms with Crippen LogP contribution in [0.4, 0.5) is 5.82 Å². The van der Waals surface area contributed by atoms with Gasteiger partial charge in [0.05, 0.1) is 13.2 Å². The van der Waals surface area contributed by atoms with Crippen molar-refractivity contribution in [1.82, 2.24) is 4.57 Å². The van der Waals surface area contributed by atoms with Crippen molar-refractivity contribution in [3.8, 4) is 0 Å².